The van der Waals surface area contributed by atoms with E-state index in [9.17, 15) is 23.5 Å². The molecular weight excluding hydrogens is 482 g/mol. The molecule has 0 spiro atoms. The van der Waals surface area contributed by atoms with Gasteiger partial charge in [-0.05, 0) is 48.2 Å². The van der Waals surface area contributed by atoms with Gasteiger partial charge in [0, 0.05) is 31.6 Å². The minimum absolute atomic E-state index is 0.0120. The summed E-state index contributed by atoms with van der Waals surface area (Å²) < 4.78 is 38.9. The normalized spacial score (nSPS) is 20.8. The van der Waals surface area contributed by atoms with Crippen LogP contribution < -0.4 is 9.47 Å². The van der Waals surface area contributed by atoms with Gasteiger partial charge < -0.3 is 19.5 Å². The first-order valence-electron chi connectivity index (χ1n) is 12.9. The number of fused-ring (bicyclic) bond motifs is 1. The molecule has 3 atom stereocenters. The Balaban J connectivity index is 1.69. The van der Waals surface area contributed by atoms with Gasteiger partial charge in [-0.1, -0.05) is 38.8 Å². The lowest BCUT2D eigenvalue weighted by Gasteiger charge is -2.30. The molecule has 1 unspecified atom stereocenters. The SMILES string of the molecule is CCCCN(CCCC)C(=O)CN1CC(c2ccc3c(c2)OCO3)[C@H](C(=O)O)[C@H]1c1ccc(F)c(F)c1. The Labute approximate surface area is 216 Å². The Bertz CT molecular complexity index is 1120. The van der Waals surface area contributed by atoms with Crippen molar-refractivity contribution in [2.75, 3.05) is 33.0 Å². The minimum atomic E-state index is -1.07. The van der Waals surface area contributed by atoms with Crippen LogP contribution in [0.3, 0.4) is 0 Å². The highest BCUT2D eigenvalue weighted by Gasteiger charge is 2.48. The van der Waals surface area contributed by atoms with Gasteiger partial charge in [0.2, 0.25) is 12.7 Å². The summed E-state index contributed by atoms with van der Waals surface area (Å²) in [7, 11) is 0. The predicted molar refractivity (Wildman–Crippen MR) is 133 cm³/mol. The molecule has 1 saturated heterocycles. The van der Waals surface area contributed by atoms with Crippen molar-refractivity contribution < 1.29 is 33.0 Å². The number of likely N-dealkylation sites (tertiary alicyclic amines) is 1. The van der Waals surface area contributed by atoms with Crippen LogP contribution in [0.4, 0.5) is 8.78 Å². The number of halogens is 2. The first-order valence-corrected chi connectivity index (χ1v) is 12.9. The summed E-state index contributed by atoms with van der Waals surface area (Å²) in [5.41, 5.74) is 1.06. The molecule has 200 valence electrons. The van der Waals surface area contributed by atoms with Crippen molar-refractivity contribution >= 4 is 11.9 Å². The molecule has 2 aliphatic rings. The number of aliphatic carboxylic acids is 1. The minimum Gasteiger partial charge on any atom is -0.481 e. The van der Waals surface area contributed by atoms with E-state index in [1.807, 2.05) is 4.90 Å². The highest BCUT2D eigenvalue weighted by Crippen LogP contribution is 2.47. The van der Waals surface area contributed by atoms with Crippen molar-refractivity contribution in [3.63, 3.8) is 0 Å². The summed E-state index contributed by atoms with van der Waals surface area (Å²) in [5, 5.41) is 10.3. The molecule has 4 rings (SSSR count). The van der Waals surface area contributed by atoms with E-state index >= 15 is 0 Å². The smallest absolute Gasteiger partial charge is 0.309 e. The zero-order valence-corrected chi connectivity index (χ0v) is 21.3. The van der Waals surface area contributed by atoms with E-state index in [0.717, 1.165) is 43.4 Å². The second-order valence-corrected chi connectivity index (χ2v) is 9.72. The Morgan fingerprint density at radius 2 is 1.65 bits per heavy atom. The number of amides is 1. The van der Waals surface area contributed by atoms with Crippen molar-refractivity contribution in [2.45, 2.75) is 51.5 Å². The Morgan fingerprint density at radius 1 is 0.973 bits per heavy atom. The number of benzene rings is 2. The van der Waals surface area contributed by atoms with Crippen molar-refractivity contribution in [2.24, 2.45) is 5.92 Å². The Hall–Kier alpha value is -3.20. The fourth-order valence-electron chi connectivity index (χ4n) is 5.30. The van der Waals surface area contributed by atoms with Gasteiger partial charge in [0.15, 0.2) is 23.1 Å². The van der Waals surface area contributed by atoms with Gasteiger partial charge in [0.1, 0.15) is 0 Å². The second-order valence-electron chi connectivity index (χ2n) is 9.72. The number of hydrogen-bond donors (Lipinski definition) is 1. The zero-order valence-electron chi connectivity index (χ0n) is 21.3. The monoisotopic (exact) mass is 516 g/mol. The molecule has 0 radical (unpaired) electrons. The van der Waals surface area contributed by atoms with Crippen LogP contribution in [0.2, 0.25) is 0 Å². The van der Waals surface area contributed by atoms with E-state index in [0.29, 0.717) is 30.2 Å². The van der Waals surface area contributed by atoms with Crippen molar-refractivity contribution in [3.05, 3.63) is 59.2 Å². The maximum Gasteiger partial charge on any atom is 0.309 e. The van der Waals surface area contributed by atoms with Gasteiger partial charge >= 0.3 is 5.97 Å². The summed E-state index contributed by atoms with van der Waals surface area (Å²) in [5.74, 6) is -3.59. The van der Waals surface area contributed by atoms with Crippen LogP contribution in [0.25, 0.3) is 0 Å². The van der Waals surface area contributed by atoms with E-state index in [-0.39, 0.29) is 25.8 Å². The highest BCUT2D eigenvalue weighted by atomic mass is 19.2. The second kappa shape index (κ2) is 11.9. The molecule has 2 heterocycles. The van der Waals surface area contributed by atoms with Crippen molar-refractivity contribution in [1.82, 2.24) is 9.80 Å². The zero-order chi connectivity index (χ0) is 26.5. The number of nitrogens with zero attached hydrogens (tertiary/aromatic N) is 2. The molecule has 2 aliphatic heterocycles. The average Bonchev–Trinajstić information content (AvgIpc) is 3.50. The molecule has 2 aromatic rings. The maximum absolute atomic E-state index is 14.3. The van der Waals surface area contributed by atoms with E-state index in [2.05, 4.69) is 13.8 Å². The van der Waals surface area contributed by atoms with Crippen LogP contribution in [-0.4, -0.2) is 59.8 Å². The molecule has 7 nitrogen and oxygen atoms in total. The first kappa shape index (κ1) is 26.9. The van der Waals surface area contributed by atoms with Crippen LogP contribution in [0.15, 0.2) is 36.4 Å². The van der Waals surface area contributed by atoms with E-state index < -0.39 is 35.5 Å². The molecule has 1 fully saturated rings. The number of hydrogen-bond acceptors (Lipinski definition) is 5. The van der Waals surface area contributed by atoms with E-state index in [1.54, 1.807) is 23.1 Å². The number of unbranched alkanes of at least 4 members (excludes halogenated alkanes) is 2. The third-order valence-electron chi connectivity index (χ3n) is 7.25. The van der Waals surface area contributed by atoms with Crippen LogP contribution in [0.1, 0.15) is 62.6 Å². The molecular formula is C28H34F2N2O5. The number of ether oxygens (including phenoxy) is 2. The van der Waals surface area contributed by atoms with Crippen molar-refractivity contribution in [1.29, 1.82) is 0 Å². The quantitative estimate of drug-likeness (QED) is 0.455. The lowest BCUT2D eigenvalue weighted by atomic mass is 9.82. The molecule has 0 saturated carbocycles. The standard InChI is InChI=1S/C28H34F2N2O5/c1-3-5-11-31(12-6-4-2)25(33)16-32-15-20(18-8-10-23-24(14-18)37-17-36-23)26(28(34)35)27(32)19-7-9-21(29)22(30)13-19/h7-10,13-14,20,26-27H,3-6,11-12,15-17H2,1-2H3,(H,34,35)/t20?,26-,27+/m0/s1. The molecule has 0 aliphatic carbocycles. The topological polar surface area (TPSA) is 79.3 Å². The molecule has 9 heteroatoms. The maximum atomic E-state index is 14.3. The number of carbonyl (C=O) groups is 2. The fourth-order valence-corrected chi connectivity index (χ4v) is 5.30. The third kappa shape index (κ3) is 5.87. The molecule has 37 heavy (non-hydrogen) atoms. The van der Waals surface area contributed by atoms with Gasteiger partial charge in [-0.3, -0.25) is 14.5 Å². The molecule has 2 aromatic carbocycles. The molecule has 0 bridgehead atoms. The molecule has 1 N–H and O–H groups in total. The largest absolute Gasteiger partial charge is 0.481 e. The van der Waals surface area contributed by atoms with E-state index in [1.165, 1.54) is 6.07 Å². The summed E-state index contributed by atoms with van der Waals surface area (Å²) in [6, 6.07) is 7.96. The van der Waals surface area contributed by atoms with Crippen LogP contribution in [0.5, 0.6) is 11.5 Å². The van der Waals surface area contributed by atoms with Gasteiger partial charge in [0.25, 0.3) is 0 Å². The van der Waals surface area contributed by atoms with E-state index in [4.69, 9.17) is 9.47 Å². The summed E-state index contributed by atoms with van der Waals surface area (Å²) in [4.78, 5) is 29.7. The average molecular weight is 517 g/mol. The lowest BCUT2D eigenvalue weighted by Crippen LogP contribution is -2.42. The van der Waals surface area contributed by atoms with Gasteiger partial charge in [-0.25, -0.2) is 8.78 Å². The summed E-state index contributed by atoms with van der Waals surface area (Å²) in [6.45, 7) is 5.74. The number of carboxylic acids is 1. The van der Waals surface area contributed by atoms with Crippen molar-refractivity contribution in [3.8, 4) is 11.5 Å². The number of carboxylic acid groups (broad SMARTS) is 1. The summed E-state index contributed by atoms with van der Waals surface area (Å²) in [6.07, 6.45) is 3.65. The van der Waals surface area contributed by atoms with Gasteiger partial charge in [0.05, 0.1) is 12.5 Å². The van der Waals surface area contributed by atoms with Crippen LogP contribution in [0, 0.1) is 17.6 Å². The Kier molecular flexibility index (Phi) is 8.63. The number of carbonyl (C=O) groups excluding carboxylic acids is 1. The fraction of sp³-hybridized carbons (Fsp3) is 0.500. The van der Waals surface area contributed by atoms with Crippen LogP contribution >= 0.6 is 0 Å². The molecule has 1 amide bonds. The third-order valence-corrected chi connectivity index (χ3v) is 7.25. The van der Waals surface area contributed by atoms with Gasteiger partial charge in [-0.2, -0.15) is 0 Å². The number of rotatable bonds is 11. The highest BCUT2D eigenvalue weighted by molar-refractivity contribution is 5.79. The summed E-state index contributed by atoms with van der Waals surface area (Å²) >= 11 is 0. The van der Waals surface area contributed by atoms with Gasteiger partial charge in [-0.15, -0.1) is 0 Å². The lowest BCUT2D eigenvalue weighted by molar-refractivity contribution is -0.144. The Morgan fingerprint density at radius 3 is 2.30 bits per heavy atom. The first-order chi connectivity index (χ1) is 17.8. The molecule has 0 aromatic heterocycles. The predicted octanol–water partition coefficient (Wildman–Crippen LogP) is 4.96. The van der Waals surface area contributed by atoms with Crippen LogP contribution in [-0.2, 0) is 9.59 Å².